The zero-order valence-electron chi connectivity index (χ0n) is 11.2. The fraction of sp³-hybridized carbons (Fsp3) is 0.385. The van der Waals surface area contributed by atoms with E-state index >= 15 is 0 Å². The highest BCUT2D eigenvalue weighted by Crippen LogP contribution is 2.19. The SMILES string of the molecule is CC(C)C(C(=O)O)n1nnnc1Cc1ccc(Cl)cc1. The molecule has 0 saturated carbocycles. The standard InChI is InChI=1S/C13H15ClN4O2/c1-8(2)12(13(19)20)18-11(15-16-17-18)7-9-3-5-10(14)6-4-9/h3-6,8,12H,7H2,1-2H3,(H,19,20). The molecule has 0 aliphatic rings. The van der Waals surface area contributed by atoms with Crippen molar-refractivity contribution in [2.75, 3.05) is 0 Å². The van der Waals surface area contributed by atoms with Gasteiger partial charge in [0.15, 0.2) is 11.9 Å². The molecule has 1 N–H and O–H groups in total. The van der Waals surface area contributed by atoms with E-state index in [1.54, 1.807) is 12.1 Å². The highest BCUT2D eigenvalue weighted by atomic mass is 35.5. The number of carboxylic acid groups (broad SMARTS) is 1. The first-order chi connectivity index (χ1) is 9.49. The van der Waals surface area contributed by atoms with Gasteiger partial charge in [0.25, 0.3) is 0 Å². The van der Waals surface area contributed by atoms with E-state index in [9.17, 15) is 9.90 Å². The molecule has 0 fully saturated rings. The lowest BCUT2D eigenvalue weighted by atomic mass is 10.0. The number of aromatic nitrogens is 4. The van der Waals surface area contributed by atoms with Crippen molar-refractivity contribution in [3.05, 3.63) is 40.7 Å². The lowest BCUT2D eigenvalue weighted by Gasteiger charge is -2.17. The Morgan fingerprint density at radius 3 is 2.55 bits per heavy atom. The first-order valence-electron chi connectivity index (χ1n) is 6.23. The lowest BCUT2D eigenvalue weighted by Crippen LogP contribution is -2.27. The number of tetrazole rings is 1. The van der Waals surface area contributed by atoms with E-state index in [0.717, 1.165) is 5.56 Å². The maximum absolute atomic E-state index is 11.4. The Hall–Kier alpha value is -1.95. The molecule has 106 valence electrons. The molecule has 0 aliphatic heterocycles. The fourth-order valence-corrected chi connectivity index (χ4v) is 2.13. The summed E-state index contributed by atoms with van der Waals surface area (Å²) in [5, 5.41) is 21.3. The summed E-state index contributed by atoms with van der Waals surface area (Å²) >= 11 is 5.84. The lowest BCUT2D eigenvalue weighted by molar-refractivity contribution is -0.142. The molecule has 1 heterocycles. The Morgan fingerprint density at radius 1 is 1.35 bits per heavy atom. The van der Waals surface area contributed by atoms with Crippen molar-refractivity contribution in [3.8, 4) is 0 Å². The van der Waals surface area contributed by atoms with Gasteiger partial charge in [0.2, 0.25) is 0 Å². The van der Waals surface area contributed by atoms with Crippen molar-refractivity contribution < 1.29 is 9.90 Å². The van der Waals surface area contributed by atoms with Gasteiger partial charge in [0, 0.05) is 11.4 Å². The van der Waals surface area contributed by atoms with Crippen LogP contribution in [0, 0.1) is 5.92 Å². The monoisotopic (exact) mass is 294 g/mol. The molecule has 0 amide bonds. The predicted molar refractivity (Wildman–Crippen MR) is 73.6 cm³/mol. The first-order valence-corrected chi connectivity index (χ1v) is 6.61. The Labute approximate surface area is 121 Å². The molecule has 1 aromatic heterocycles. The molecule has 6 nitrogen and oxygen atoms in total. The minimum absolute atomic E-state index is 0.111. The van der Waals surface area contributed by atoms with Crippen LogP contribution in [0.3, 0.4) is 0 Å². The quantitative estimate of drug-likeness (QED) is 0.914. The molecular weight excluding hydrogens is 280 g/mol. The summed E-state index contributed by atoms with van der Waals surface area (Å²) < 4.78 is 1.38. The molecule has 2 aromatic rings. The van der Waals surface area contributed by atoms with Crippen LogP contribution in [0.2, 0.25) is 5.02 Å². The van der Waals surface area contributed by atoms with E-state index < -0.39 is 12.0 Å². The van der Waals surface area contributed by atoms with Gasteiger partial charge in [-0.15, -0.1) is 5.10 Å². The van der Waals surface area contributed by atoms with Crippen molar-refractivity contribution in [1.82, 2.24) is 20.2 Å². The van der Waals surface area contributed by atoms with Crippen LogP contribution in [-0.4, -0.2) is 31.3 Å². The number of carbonyl (C=O) groups is 1. The van der Waals surface area contributed by atoms with Gasteiger partial charge in [-0.05, 0) is 34.0 Å². The molecule has 20 heavy (non-hydrogen) atoms. The second-order valence-corrected chi connectivity index (χ2v) is 5.31. The normalized spacial score (nSPS) is 12.6. The Bertz CT molecular complexity index is 595. The smallest absolute Gasteiger partial charge is 0.328 e. The van der Waals surface area contributed by atoms with Crippen LogP contribution in [-0.2, 0) is 11.2 Å². The number of nitrogens with zero attached hydrogens (tertiary/aromatic N) is 4. The summed E-state index contributed by atoms with van der Waals surface area (Å²) in [6.45, 7) is 3.65. The zero-order valence-corrected chi connectivity index (χ0v) is 11.9. The Kier molecular flexibility index (Phi) is 4.34. The summed E-state index contributed by atoms with van der Waals surface area (Å²) in [6, 6.07) is 6.52. The fourth-order valence-electron chi connectivity index (χ4n) is 2.00. The van der Waals surface area contributed by atoms with Crippen LogP contribution in [0.1, 0.15) is 31.3 Å². The number of rotatable bonds is 5. The van der Waals surface area contributed by atoms with E-state index in [0.29, 0.717) is 17.3 Å². The molecule has 0 spiro atoms. The summed E-state index contributed by atoms with van der Waals surface area (Å²) in [4.78, 5) is 11.4. The van der Waals surface area contributed by atoms with Gasteiger partial charge in [0.05, 0.1) is 0 Å². The van der Waals surface area contributed by atoms with E-state index in [-0.39, 0.29) is 5.92 Å². The summed E-state index contributed by atoms with van der Waals surface area (Å²) in [5.41, 5.74) is 0.971. The van der Waals surface area contributed by atoms with Crippen LogP contribution >= 0.6 is 11.6 Å². The van der Waals surface area contributed by atoms with Crippen molar-refractivity contribution in [3.63, 3.8) is 0 Å². The summed E-state index contributed by atoms with van der Waals surface area (Å²) in [5.74, 6) is -0.530. The second-order valence-electron chi connectivity index (χ2n) is 4.87. The number of hydrogen-bond donors (Lipinski definition) is 1. The molecule has 0 radical (unpaired) electrons. The van der Waals surface area contributed by atoms with Crippen LogP contribution in [0.25, 0.3) is 0 Å². The number of hydrogen-bond acceptors (Lipinski definition) is 4. The van der Waals surface area contributed by atoms with Crippen LogP contribution in [0.4, 0.5) is 0 Å². The number of aliphatic carboxylic acids is 1. The molecule has 1 unspecified atom stereocenters. The third kappa shape index (κ3) is 3.14. The second kappa shape index (κ2) is 6.00. The molecule has 0 aliphatic carbocycles. The van der Waals surface area contributed by atoms with Gasteiger partial charge in [-0.1, -0.05) is 37.6 Å². The third-order valence-corrected chi connectivity index (χ3v) is 3.24. The topological polar surface area (TPSA) is 80.9 Å². The Morgan fingerprint density at radius 2 is 2.00 bits per heavy atom. The van der Waals surface area contributed by atoms with Gasteiger partial charge in [-0.25, -0.2) is 9.48 Å². The molecular formula is C13H15ClN4O2. The van der Waals surface area contributed by atoms with Crippen LogP contribution in [0.15, 0.2) is 24.3 Å². The zero-order chi connectivity index (χ0) is 14.7. The molecule has 1 aromatic carbocycles. The van der Waals surface area contributed by atoms with Crippen molar-refractivity contribution in [2.45, 2.75) is 26.3 Å². The molecule has 0 bridgehead atoms. The highest BCUT2D eigenvalue weighted by Gasteiger charge is 2.27. The maximum Gasteiger partial charge on any atom is 0.328 e. The number of halogens is 1. The predicted octanol–water partition coefficient (Wildman–Crippen LogP) is 2.20. The largest absolute Gasteiger partial charge is 0.480 e. The minimum Gasteiger partial charge on any atom is -0.480 e. The van der Waals surface area contributed by atoms with E-state index in [1.807, 2.05) is 26.0 Å². The average molecular weight is 295 g/mol. The average Bonchev–Trinajstić information content (AvgIpc) is 2.79. The molecule has 2 rings (SSSR count). The first kappa shape index (κ1) is 14.5. The van der Waals surface area contributed by atoms with Crippen LogP contribution in [0.5, 0.6) is 0 Å². The third-order valence-electron chi connectivity index (χ3n) is 2.98. The van der Waals surface area contributed by atoms with Gasteiger partial charge >= 0.3 is 5.97 Å². The van der Waals surface area contributed by atoms with Crippen molar-refractivity contribution >= 4 is 17.6 Å². The van der Waals surface area contributed by atoms with Gasteiger partial charge in [-0.3, -0.25) is 0 Å². The summed E-state index contributed by atoms with van der Waals surface area (Å²) in [7, 11) is 0. The van der Waals surface area contributed by atoms with Crippen molar-refractivity contribution in [2.24, 2.45) is 5.92 Å². The molecule has 1 atom stereocenters. The van der Waals surface area contributed by atoms with E-state index in [4.69, 9.17) is 11.6 Å². The van der Waals surface area contributed by atoms with Gasteiger partial charge < -0.3 is 5.11 Å². The summed E-state index contributed by atoms with van der Waals surface area (Å²) in [6.07, 6.45) is 0.459. The van der Waals surface area contributed by atoms with Crippen LogP contribution < -0.4 is 0 Å². The van der Waals surface area contributed by atoms with Gasteiger partial charge in [0.1, 0.15) is 0 Å². The maximum atomic E-state index is 11.4. The van der Waals surface area contributed by atoms with E-state index in [2.05, 4.69) is 15.5 Å². The van der Waals surface area contributed by atoms with Gasteiger partial charge in [-0.2, -0.15) is 0 Å². The molecule has 0 saturated heterocycles. The Balaban J connectivity index is 2.28. The molecule has 7 heteroatoms. The highest BCUT2D eigenvalue weighted by molar-refractivity contribution is 6.30. The minimum atomic E-state index is -0.940. The van der Waals surface area contributed by atoms with E-state index in [1.165, 1.54) is 4.68 Å². The van der Waals surface area contributed by atoms with Crippen molar-refractivity contribution in [1.29, 1.82) is 0 Å². The number of carboxylic acids is 1. The number of benzene rings is 1.